The van der Waals surface area contributed by atoms with Crippen LogP contribution in [0.3, 0.4) is 0 Å². The molecule has 8 heteroatoms. The van der Waals surface area contributed by atoms with E-state index < -0.39 is 0 Å². The number of nitrogens with one attached hydrogen (secondary N) is 1. The molecule has 0 aromatic carbocycles. The molecule has 0 amide bonds. The summed E-state index contributed by atoms with van der Waals surface area (Å²) < 4.78 is 10.8. The minimum atomic E-state index is 0.328. The number of anilines is 3. The molecule has 0 saturated carbocycles. The highest BCUT2D eigenvalue weighted by Crippen LogP contribution is 2.20. The smallest absolute Gasteiger partial charge is 0.232 e. The van der Waals surface area contributed by atoms with Crippen LogP contribution >= 0.6 is 0 Å². The van der Waals surface area contributed by atoms with Crippen LogP contribution in [0.2, 0.25) is 0 Å². The molecule has 1 unspecified atom stereocenters. The monoisotopic (exact) mass is 294 g/mol. The summed E-state index contributed by atoms with van der Waals surface area (Å²) in [6.07, 6.45) is 1.00. The molecule has 0 aliphatic carbocycles. The summed E-state index contributed by atoms with van der Waals surface area (Å²) >= 11 is 0. The van der Waals surface area contributed by atoms with Crippen molar-refractivity contribution in [3.63, 3.8) is 0 Å². The van der Waals surface area contributed by atoms with Crippen LogP contribution in [0.1, 0.15) is 6.42 Å². The van der Waals surface area contributed by atoms with Crippen LogP contribution in [0.5, 0.6) is 0 Å². The number of ether oxygens (including phenoxy) is 2. The zero-order valence-electron chi connectivity index (χ0n) is 12.6. The van der Waals surface area contributed by atoms with Crippen molar-refractivity contribution in [2.75, 3.05) is 68.7 Å². The molecule has 21 heavy (non-hydrogen) atoms. The predicted molar refractivity (Wildman–Crippen MR) is 80.0 cm³/mol. The van der Waals surface area contributed by atoms with E-state index in [0.717, 1.165) is 32.7 Å². The molecule has 2 saturated heterocycles. The Morgan fingerprint density at radius 1 is 1.14 bits per heavy atom. The van der Waals surface area contributed by atoms with Crippen molar-refractivity contribution in [1.82, 2.24) is 15.0 Å². The SMILES string of the molecule is CNc1nc(N2CCOCC2)nc(N(C)C2CCOC2)n1. The second-order valence-corrected chi connectivity index (χ2v) is 5.24. The Balaban J connectivity index is 1.84. The Bertz CT molecular complexity index is 474. The fourth-order valence-corrected chi connectivity index (χ4v) is 2.52. The van der Waals surface area contributed by atoms with Gasteiger partial charge in [0, 0.05) is 33.8 Å². The number of rotatable bonds is 4. The third-order valence-corrected chi connectivity index (χ3v) is 3.90. The van der Waals surface area contributed by atoms with Crippen LogP contribution in [0.4, 0.5) is 17.8 Å². The maximum atomic E-state index is 5.45. The van der Waals surface area contributed by atoms with E-state index in [9.17, 15) is 0 Å². The highest BCUT2D eigenvalue weighted by atomic mass is 16.5. The normalized spacial score (nSPS) is 22.4. The Morgan fingerprint density at radius 2 is 1.95 bits per heavy atom. The average molecular weight is 294 g/mol. The van der Waals surface area contributed by atoms with E-state index in [-0.39, 0.29) is 0 Å². The number of morpholine rings is 1. The second-order valence-electron chi connectivity index (χ2n) is 5.24. The van der Waals surface area contributed by atoms with E-state index in [1.165, 1.54) is 0 Å². The maximum absolute atomic E-state index is 5.45. The predicted octanol–water partition coefficient (Wildman–Crippen LogP) is -0.0250. The van der Waals surface area contributed by atoms with Crippen LogP contribution < -0.4 is 15.1 Å². The third-order valence-electron chi connectivity index (χ3n) is 3.90. The summed E-state index contributed by atoms with van der Waals surface area (Å²) in [5.74, 6) is 1.98. The molecule has 3 heterocycles. The molecule has 1 atom stereocenters. The minimum Gasteiger partial charge on any atom is -0.379 e. The number of aromatic nitrogens is 3. The summed E-state index contributed by atoms with van der Waals surface area (Å²) in [5.41, 5.74) is 0. The van der Waals surface area contributed by atoms with E-state index >= 15 is 0 Å². The van der Waals surface area contributed by atoms with Gasteiger partial charge in [-0.1, -0.05) is 0 Å². The molecule has 0 spiro atoms. The highest BCUT2D eigenvalue weighted by Gasteiger charge is 2.24. The van der Waals surface area contributed by atoms with Crippen LogP contribution in [0.25, 0.3) is 0 Å². The van der Waals surface area contributed by atoms with Crippen molar-refractivity contribution in [3.05, 3.63) is 0 Å². The molecule has 3 rings (SSSR count). The fraction of sp³-hybridized carbons (Fsp3) is 0.769. The van der Waals surface area contributed by atoms with Gasteiger partial charge in [0.05, 0.1) is 25.9 Å². The lowest BCUT2D eigenvalue weighted by atomic mass is 10.2. The van der Waals surface area contributed by atoms with E-state index in [1.807, 2.05) is 14.1 Å². The molecule has 2 aliphatic rings. The molecule has 1 aromatic rings. The van der Waals surface area contributed by atoms with Gasteiger partial charge < -0.3 is 24.6 Å². The van der Waals surface area contributed by atoms with Crippen molar-refractivity contribution in [2.45, 2.75) is 12.5 Å². The van der Waals surface area contributed by atoms with Gasteiger partial charge in [0.15, 0.2) is 0 Å². The Kier molecular flexibility index (Phi) is 4.35. The Labute approximate surface area is 124 Å². The summed E-state index contributed by atoms with van der Waals surface area (Å²) in [4.78, 5) is 17.8. The summed E-state index contributed by atoms with van der Waals surface area (Å²) in [6, 6.07) is 0.328. The van der Waals surface area contributed by atoms with E-state index in [4.69, 9.17) is 9.47 Å². The second kappa shape index (κ2) is 6.40. The molecule has 1 aromatic heterocycles. The van der Waals surface area contributed by atoms with Gasteiger partial charge in [0.1, 0.15) is 0 Å². The van der Waals surface area contributed by atoms with Gasteiger partial charge >= 0.3 is 0 Å². The van der Waals surface area contributed by atoms with E-state index in [1.54, 1.807) is 0 Å². The first-order valence-corrected chi connectivity index (χ1v) is 7.35. The molecule has 8 nitrogen and oxygen atoms in total. The lowest BCUT2D eigenvalue weighted by Gasteiger charge is -2.29. The number of likely N-dealkylation sites (N-methyl/N-ethyl adjacent to an activating group) is 1. The summed E-state index contributed by atoms with van der Waals surface area (Å²) in [6.45, 7) is 4.56. The lowest BCUT2D eigenvalue weighted by Crippen LogP contribution is -2.38. The lowest BCUT2D eigenvalue weighted by molar-refractivity contribution is 0.122. The van der Waals surface area contributed by atoms with Gasteiger partial charge in [-0.15, -0.1) is 0 Å². The van der Waals surface area contributed by atoms with E-state index in [2.05, 4.69) is 30.1 Å². The zero-order chi connectivity index (χ0) is 14.7. The van der Waals surface area contributed by atoms with E-state index in [0.29, 0.717) is 37.1 Å². The van der Waals surface area contributed by atoms with Gasteiger partial charge in [-0.2, -0.15) is 15.0 Å². The van der Waals surface area contributed by atoms with Gasteiger partial charge in [-0.3, -0.25) is 0 Å². The van der Waals surface area contributed by atoms with Crippen LogP contribution in [-0.2, 0) is 9.47 Å². The molecule has 2 aliphatic heterocycles. The molecule has 0 radical (unpaired) electrons. The van der Waals surface area contributed by atoms with Gasteiger partial charge in [0.2, 0.25) is 17.8 Å². The van der Waals surface area contributed by atoms with Crippen LogP contribution in [-0.4, -0.2) is 74.6 Å². The molecule has 116 valence electrons. The van der Waals surface area contributed by atoms with Crippen LogP contribution in [0.15, 0.2) is 0 Å². The molecular formula is C13H22N6O2. The van der Waals surface area contributed by atoms with Gasteiger partial charge in [-0.05, 0) is 6.42 Å². The average Bonchev–Trinajstić information content (AvgIpc) is 3.09. The summed E-state index contributed by atoms with van der Waals surface area (Å²) in [7, 11) is 3.83. The minimum absolute atomic E-state index is 0.328. The largest absolute Gasteiger partial charge is 0.379 e. The number of nitrogens with zero attached hydrogens (tertiary/aromatic N) is 5. The maximum Gasteiger partial charge on any atom is 0.232 e. The number of hydrogen-bond donors (Lipinski definition) is 1. The van der Waals surface area contributed by atoms with Crippen molar-refractivity contribution in [2.24, 2.45) is 0 Å². The van der Waals surface area contributed by atoms with Crippen molar-refractivity contribution in [1.29, 1.82) is 0 Å². The van der Waals surface area contributed by atoms with Crippen molar-refractivity contribution < 1.29 is 9.47 Å². The molecule has 2 fully saturated rings. The Morgan fingerprint density at radius 3 is 2.62 bits per heavy atom. The van der Waals surface area contributed by atoms with Crippen LogP contribution in [0, 0.1) is 0 Å². The first kappa shape index (κ1) is 14.3. The van der Waals surface area contributed by atoms with Crippen molar-refractivity contribution in [3.8, 4) is 0 Å². The quantitative estimate of drug-likeness (QED) is 0.830. The third kappa shape index (κ3) is 3.16. The zero-order valence-corrected chi connectivity index (χ0v) is 12.6. The number of hydrogen-bond acceptors (Lipinski definition) is 8. The van der Waals surface area contributed by atoms with Crippen molar-refractivity contribution >= 4 is 17.8 Å². The standard InChI is InChI=1S/C13H22N6O2/c1-14-11-15-12(18(2)10-3-6-21-9-10)17-13(16-11)19-4-7-20-8-5-19/h10H,3-9H2,1-2H3,(H,14,15,16,17). The van der Waals surface area contributed by atoms with Gasteiger partial charge in [-0.25, -0.2) is 0 Å². The first-order chi connectivity index (χ1) is 10.3. The molecule has 1 N–H and O–H groups in total. The Hall–Kier alpha value is -1.67. The topological polar surface area (TPSA) is 75.6 Å². The summed E-state index contributed by atoms with van der Waals surface area (Å²) in [5, 5.41) is 3.01. The first-order valence-electron chi connectivity index (χ1n) is 7.35. The highest BCUT2D eigenvalue weighted by molar-refractivity contribution is 5.45. The molecule has 0 bridgehead atoms. The van der Waals surface area contributed by atoms with Gasteiger partial charge in [0.25, 0.3) is 0 Å². The fourth-order valence-electron chi connectivity index (χ4n) is 2.52. The molecular weight excluding hydrogens is 272 g/mol.